The molecule has 1 atom stereocenters. The Balaban J connectivity index is 2.35. The molecule has 0 radical (unpaired) electrons. The standard InChI is InChI=1S/C14H20ClN3O2/c1-3-7-16-14(20)18-13(19)9-17-10(2)11-5-4-6-12(15)8-11/h4-6,8,10,17H,3,7,9H2,1-2H3,(H2,16,18,19,20)/p+1/t10-/m1/s1. The number of benzene rings is 1. The molecule has 0 aliphatic heterocycles. The monoisotopic (exact) mass is 298 g/mol. The smallest absolute Gasteiger partial charge is 0.321 e. The topological polar surface area (TPSA) is 74.8 Å². The Kier molecular flexibility index (Phi) is 7.04. The van der Waals surface area contributed by atoms with Crippen LogP contribution in [-0.4, -0.2) is 25.0 Å². The van der Waals surface area contributed by atoms with Gasteiger partial charge >= 0.3 is 6.03 Å². The average Bonchev–Trinajstić information content (AvgIpc) is 2.42. The number of carbonyl (C=O) groups excluding carboxylic acids is 2. The number of carbonyl (C=O) groups is 2. The van der Waals surface area contributed by atoms with Gasteiger partial charge in [-0.1, -0.05) is 30.7 Å². The summed E-state index contributed by atoms with van der Waals surface area (Å²) in [5.74, 6) is -0.313. The van der Waals surface area contributed by atoms with Gasteiger partial charge in [-0.05, 0) is 25.5 Å². The van der Waals surface area contributed by atoms with Crippen molar-refractivity contribution in [3.05, 3.63) is 34.9 Å². The summed E-state index contributed by atoms with van der Waals surface area (Å²) in [6.07, 6.45) is 0.833. The van der Waals surface area contributed by atoms with Crippen LogP contribution < -0.4 is 16.0 Å². The van der Waals surface area contributed by atoms with Crippen LogP contribution in [0.3, 0.4) is 0 Å². The zero-order chi connectivity index (χ0) is 15.0. The number of hydrogen-bond donors (Lipinski definition) is 3. The maximum Gasteiger partial charge on any atom is 0.321 e. The summed E-state index contributed by atoms with van der Waals surface area (Å²) in [7, 11) is 0. The third-order valence-electron chi connectivity index (χ3n) is 2.82. The minimum Gasteiger partial charge on any atom is -0.338 e. The Morgan fingerprint density at radius 1 is 1.40 bits per heavy atom. The van der Waals surface area contributed by atoms with E-state index in [-0.39, 0.29) is 18.5 Å². The van der Waals surface area contributed by atoms with E-state index in [4.69, 9.17) is 11.6 Å². The van der Waals surface area contributed by atoms with Gasteiger partial charge in [0.2, 0.25) is 0 Å². The van der Waals surface area contributed by atoms with Gasteiger partial charge in [0, 0.05) is 17.1 Å². The lowest BCUT2D eigenvalue weighted by Crippen LogP contribution is -2.87. The minimum atomic E-state index is -0.444. The van der Waals surface area contributed by atoms with E-state index in [0.717, 1.165) is 12.0 Å². The van der Waals surface area contributed by atoms with E-state index in [1.807, 2.05) is 43.4 Å². The first kappa shape index (κ1) is 16.5. The summed E-state index contributed by atoms with van der Waals surface area (Å²) in [6.45, 7) is 4.67. The zero-order valence-corrected chi connectivity index (χ0v) is 12.5. The summed E-state index contributed by atoms with van der Waals surface area (Å²) in [6, 6.07) is 7.16. The lowest BCUT2D eigenvalue weighted by atomic mass is 10.1. The molecule has 0 saturated carbocycles. The molecule has 0 bridgehead atoms. The van der Waals surface area contributed by atoms with E-state index < -0.39 is 6.03 Å². The van der Waals surface area contributed by atoms with Crippen LogP contribution in [0.1, 0.15) is 31.9 Å². The largest absolute Gasteiger partial charge is 0.338 e. The number of nitrogens with two attached hydrogens (primary N) is 1. The zero-order valence-electron chi connectivity index (χ0n) is 11.8. The van der Waals surface area contributed by atoms with E-state index in [2.05, 4.69) is 10.6 Å². The molecular formula is C14H21ClN3O2+. The highest BCUT2D eigenvalue weighted by Gasteiger charge is 2.13. The summed E-state index contributed by atoms with van der Waals surface area (Å²) in [5, 5.41) is 7.40. The second-order valence-electron chi connectivity index (χ2n) is 4.59. The van der Waals surface area contributed by atoms with Crippen molar-refractivity contribution in [1.29, 1.82) is 0 Å². The van der Waals surface area contributed by atoms with Crippen LogP contribution in [0.25, 0.3) is 0 Å². The molecule has 1 aromatic carbocycles. The van der Waals surface area contributed by atoms with E-state index >= 15 is 0 Å². The molecule has 1 rings (SSSR count). The molecule has 20 heavy (non-hydrogen) atoms. The number of nitrogens with one attached hydrogen (secondary N) is 2. The van der Waals surface area contributed by atoms with E-state index in [1.165, 1.54) is 0 Å². The fraction of sp³-hybridized carbons (Fsp3) is 0.429. The quantitative estimate of drug-likeness (QED) is 0.738. The maximum absolute atomic E-state index is 11.6. The van der Waals surface area contributed by atoms with Gasteiger partial charge in [0.25, 0.3) is 5.91 Å². The van der Waals surface area contributed by atoms with E-state index in [1.54, 1.807) is 0 Å². The molecule has 3 amide bonds. The van der Waals surface area contributed by atoms with Crippen molar-refractivity contribution in [2.75, 3.05) is 13.1 Å². The first-order valence-corrected chi connectivity index (χ1v) is 7.07. The Morgan fingerprint density at radius 2 is 2.15 bits per heavy atom. The molecule has 0 aromatic heterocycles. The average molecular weight is 299 g/mol. The number of imide groups is 1. The van der Waals surface area contributed by atoms with Crippen LogP contribution in [0, 0.1) is 0 Å². The molecule has 0 aliphatic carbocycles. The molecule has 0 heterocycles. The Labute approximate surface area is 124 Å². The van der Waals surface area contributed by atoms with Crippen LogP contribution >= 0.6 is 11.6 Å². The lowest BCUT2D eigenvalue weighted by molar-refractivity contribution is -0.682. The van der Waals surface area contributed by atoms with Crippen LogP contribution in [0.5, 0.6) is 0 Å². The van der Waals surface area contributed by atoms with E-state index in [9.17, 15) is 9.59 Å². The van der Waals surface area contributed by atoms with Crippen LogP contribution in [0.4, 0.5) is 4.79 Å². The van der Waals surface area contributed by atoms with Gasteiger partial charge in [0.15, 0.2) is 6.54 Å². The number of urea groups is 1. The van der Waals surface area contributed by atoms with Gasteiger partial charge in [-0.25, -0.2) is 4.79 Å². The highest BCUT2D eigenvalue weighted by atomic mass is 35.5. The molecule has 5 nitrogen and oxygen atoms in total. The first-order valence-electron chi connectivity index (χ1n) is 6.69. The lowest BCUT2D eigenvalue weighted by Gasteiger charge is -2.11. The number of halogens is 1. The molecule has 0 aliphatic rings. The Hall–Kier alpha value is -1.59. The fourth-order valence-electron chi connectivity index (χ4n) is 1.67. The number of amides is 3. The molecule has 1 aromatic rings. The third-order valence-corrected chi connectivity index (χ3v) is 3.05. The highest BCUT2D eigenvalue weighted by Crippen LogP contribution is 2.14. The normalized spacial score (nSPS) is 11.8. The van der Waals surface area contributed by atoms with Crippen molar-refractivity contribution < 1.29 is 14.9 Å². The van der Waals surface area contributed by atoms with Crippen molar-refractivity contribution in [3.8, 4) is 0 Å². The summed E-state index contributed by atoms with van der Waals surface area (Å²) in [4.78, 5) is 22.9. The Bertz CT molecular complexity index is 465. The van der Waals surface area contributed by atoms with Gasteiger partial charge in [-0.2, -0.15) is 0 Å². The second kappa shape index (κ2) is 8.55. The van der Waals surface area contributed by atoms with Gasteiger partial charge in [0.1, 0.15) is 6.04 Å². The summed E-state index contributed by atoms with van der Waals surface area (Å²) < 4.78 is 0. The van der Waals surface area contributed by atoms with Crippen molar-refractivity contribution in [3.63, 3.8) is 0 Å². The van der Waals surface area contributed by atoms with Crippen LogP contribution in [0.2, 0.25) is 5.02 Å². The van der Waals surface area contributed by atoms with Gasteiger partial charge in [-0.3, -0.25) is 10.1 Å². The van der Waals surface area contributed by atoms with Gasteiger partial charge in [-0.15, -0.1) is 0 Å². The molecule has 4 N–H and O–H groups in total. The highest BCUT2D eigenvalue weighted by molar-refractivity contribution is 6.30. The maximum atomic E-state index is 11.6. The molecule has 110 valence electrons. The third kappa shape index (κ3) is 6.04. The summed E-state index contributed by atoms with van der Waals surface area (Å²) in [5.41, 5.74) is 1.04. The Morgan fingerprint density at radius 3 is 2.80 bits per heavy atom. The minimum absolute atomic E-state index is 0.0955. The van der Waals surface area contributed by atoms with Gasteiger partial charge in [0.05, 0.1) is 0 Å². The number of rotatable bonds is 6. The molecule has 0 spiro atoms. The second-order valence-corrected chi connectivity index (χ2v) is 5.02. The van der Waals surface area contributed by atoms with E-state index in [0.29, 0.717) is 11.6 Å². The summed E-state index contributed by atoms with van der Waals surface area (Å²) >= 11 is 5.92. The molecular weight excluding hydrogens is 278 g/mol. The first-order chi connectivity index (χ1) is 9.52. The number of hydrogen-bond acceptors (Lipinski definition) is 2. The van der Waals surface area contributed by atoms with Crippen molar-refractivity contribution in [1.82, 2.24) is 10.6 Å². The van der Waals surface area contributed by atoms with Crippen molar-refractivity contribution in [2.45, 2.75) is 26.3 Å². The van der Waals surface area contributed by atoms with Crippen molar-refractivity contribution in [2.24, 2.45) is 0 Å². The van der Waals surface area contributed by atoms with Gasteiger partial charge < -0.3 is 10.6 Å². The predicted octanol–water partition coefficient (Wildman–Crippen LogP) is 1.20. The SMILES string of the molecule is CCCNC(=O)NC(=O)C[NH2+][C@H](C)c1cccc(Cl)c1. The van der Waals surface area contributed by atoms with Crippen LogP contribution in [0.15, 0.2) is 24.3 Å². The molecule has 6 heteroatoms. The predicted molar refractivity (Wildman–Crippen MR) is 78.5 cm³/mol. The molecule has 0 fully saturated rings. The number of quaternary nitrogens is 1. The molecule has 0 unspecified atom stereocenters. The van der Waals surface area contributed by atoms with Crippen LogP contribution in [-0.2, 0) is 4.79 Å². The van der Waals surface area contributed by atoms with Crippen molar-refractivity contribution >= 4 is 23.5 Å². The molecule has 0 saturated heterocycles. The fourth-order valence-corrected chi connectivity index (χ4v) is 1.87.